The van der Waals surface area contributed by atoms with Crippen molar-refractivity contribution < 1.29 is 9.59 Å². The van der Waals surface area contributed by atoms with Crippen LogP contribution in [0.15, 0.2) is 24.3 Å². The SMILES string of the molecule is O=C1C[C@@H](N2CCCC2)C(=O)N1c1ccc(I)cc1. The maximum atomic E-state index is 12.4. The Kier molecular flexibility index (Phi) is 3.58. The van der Waals surface area contributed by atoms with Gasteiger partial charge in [0.15, 0.2) is 0 Å². The van der Waals surface area contributed by atoms with Crippen molar-refractivity contribution in [3.63, 3.8) is 0 Å². The van der Waals surface area contributed by atoms with Gasteiger partial charge in [0.05, 0.1) is 18.2 Å². The van der Waals surface area contributed by atoms with Gasteiger partial charge in [0.2, 0.25) is 5.91 Å². The average molecular weight is 370 g/mol. The highest BCUT2D eigenvalue weighted by Gasteiger charge is 2.43. The number of amides is 2. The Bertz CT molecular complexity index is 509. The van der Waals surface area contributed by atoms with E-state index in [0.717, 1.165) is 29.5 Å². The number of benzene rings is 1. The van der Waals surface area contributed by atoms with E-state index in [1.54, 1.807) is 0 Å². The molecule has 2 aliphatic rings. The number of nitrogens with zero attached hydrogens (tertiary/aromatic N) is 2. The molecule has 0 unspecified atom stereocenters. The third-order valence-corrected chi connectivity index (χ3v) is 4.51. The Hall–Kier alpha value is -0.950. The van der Waals surface area contributed by atoms with Crippen LogP contribution in [0.25, 0.3) is 0 Å². The largest absolute Gasteiger partial charge is 0.292 e. The van der Waals surface area contributed by atoms with E-state index in [4.69, 9.17) is 0 Å². The Balaban J connectivity index is 1.84. The number of halogens is 1. The number of carbonyl (C=O) groups is 2. The minimum atomic E-state index is -0.241. The van der Waals surface area contributed by atoms with E-state index in [0.29, 0.717) is 12.1 Å². The van der Waals surface area contributed by atoms with Gasteiger partial charge < -0.3 is 0 Å². The van der Waals surface area contributed by atoms with Crippen LogP contribution in [-0.4, -0.2) is 35.8 Å². The Labute approximate surface area is 125 Å². The summed E-state index contributed by atoms with van der Waals surface area (Å²) in [6.45, 7) is 1.87. The number of imide groups is 1. The Morgan fingerprint density at radius 2 is 1.68 bits per heavy atom. The van der Waals surface area contributed by atoms with Crippen molar-refractivity contribution in [2.75, 3.05) is 18.0 Å². The van der Waals surface area contributed by atoms with Crippen LogP contribution in [0.1, 0.15) is 19.3 Å². The molecule has 0 aromatic heterocycles. The highest BCUT2D eigenvalue weighted by Crippen LogP contribution is 2.27. The molecule has 2 aliphatic heterocycles. The second-order valence-electron chi connectivity index (χ2n) is 5.01. The van der Waals surface area contributed by atoms with Crippen LogP contribution < -0.4 is 4.90 Å². The van der Waals surface area contributed by atoms with Gasteiger partial charge in [-0.2, -0.15) is 0 Å². The molecule has 0 saturated carbocycles. The lowest BCUT2D eigenvalue weighted by Gasteiger charge is -2.21. The summed E-state index contributed by atoms with van der Waals surface area (Å²) in [6, 6.07) is 7.27. The van der Waals surface area contributed by atoms with E-state index >= 15 is 0 Å². The zero-order valence-electron chi connectivity index (χ0n) is 10.5. The lowest BCUT2D eigenvalue weighted by atomic mass is 10.2. The van der Waals surface area contributed by atoms with Gasteiger partial charge in [0.1, 0.15) is 0 Å². The Morgan fingerprint density at radius 3 is 2.32 bits per heavy atom. The van der Waals surface area contributed by atoms with Crippen LogP contribution in [0.5, 0.6) is 0 Å². The quantitative estimate of drug-likeness (QED) is 0.591. The highest BCUT2D eigenvalue weighted by atomic mass is 127. The van der Waals surface area contributed by atoms with Crippen LogP contribution in [0.3, 0.4) is 0 Å². The summed E-state index contributed by atoms with van der Waals surface area (Å²) in [5.74, 6) is -0.142. The maximum absolute atomic E-state index is 12.4. The van der Waals surface area contributed by atoms with E-state index in [2.05, 4.69) is 27.5 Å². The second kappa shape index (κ2) is 5.20. The lowest BCUT2D eigenvalue weighted by molar-refractivity contribution is -0.122. The number of hydrogen-bond acceptors (Lipinski definition) is 3. The van der Waals surface area contributed by atoms with E-state index in [-0.39, 0.29) is 17.9 Å². The molecule has 0 aliphatic carbocycles. The molecule has 3 rings (SSSR count). The minimum Gasteiger partial charge on any atom is -0.292 e. The van der Waals surface area contributed by atoms with E-state index < -0.39 is 0 Å². The van der Waals surface area contributed by atoms with E-state index in [1.165, 1.54) is 4.90 Å². The molecule has 0 radical (unpaired) electrons. The predicted octanol–water partition coefficient (Wildman–Crippen LogP) is 2.02. The van der Waals surface area contributed by atoms with Gasteiger partial charge in [-0.05, 0) is 72.8 Å². The third-order valence-electron chi connectivity index (χ3n) is 3.79. The van der Waals surface area contributed by atoms with Crippen molar-refractivity contribution >= 4 is 40.1 Å². The first-order chi connectivity index (χ1) is 9.16. The summed E-state index contributed by atoms with van der Waals surface area (Å²) in [5, 5.41) is 0. The van der Waals surface area contributed by atoms with Gasteiger partial charge in [-0.3, -0.25) is 14.5 Å². The van der Waals surface area contributed by atoms with E-state index in [9.17, 15) is 9.59 Å². The van der Waals surface area contributed by atoms with Gasteiger partial charge in [-0.25, -0.2) is 4.90 Å². The summed E-state index contributed by atoms with van der Waals surface area (Å²) in [7, 11) is 0. The molecule has 0 bridgehead atoms. The molecular formula is C14H15IN2O2. The molecule has 0 spiro atoms. The topological polar surface area (TPSA) is 40.6 Å². The number of hydrogen-bond donors (Lipinski definition) is 0. The maximum Gasteiger partial charge on any atom is 0.251 e. The monoisotopic (exact) mass is 370 g/mol. The zero-order valence-corrected chi connectivity index (χ0v) is 12.7. The second-order valence-corrected chi connectivity index (χ2v) is 6.25. The smallest absolute Gasteiger partial charge is 0.251 e. The lowest BCUT2D eigenvalue weighted by Crippen LogP contribution is -2.40. The van der Waals surface area contributed by atoms with Crippen LogP contribution in [0, 0.1) is 3.57 Å². The zero-order chi connectivity index (χ0) is 13.4. The van der Waals surface area contributed by atoms with Gasteiger partial charge in [-0.1, -0.05) is 0 Å². The molecule has 1 aromatic carbocycles. The summed E-state index contributed by atoms with van der Waals surface area (Å²) in [6.07, 6.45) is 2.58. The van der Waals surface area contributed by atoms with Crippen LogP contribution in [0.2, 0.25) is 0 Å². The summed E-state index contributed by atoms with van der Waals surface area (Å²) in [5.41, 5.74) is 0.692. The molecular weight excluding hydrogens is 355 g/mol. The third kappa shape index (κ3) is 2.41. The molecule has 5 heteroatoms. The molecule has 2 heterocycles. The van der Waals surface area contributed by atoms with Crippen molar-refractivity contribution in [1.82, 2.24) is 4.90 Å². The van der Waals surface area contributed by atoms with Gasteiger partial charge in [0.25, 0.3) is 5.91 Å². The van der Waals surface area contributed by atoms with Crippen molar-refractivity contribution in [3.8, 4) is 0 Å². The summed E-state index contributed by atoms with van der Waals surface area (Å²) in [4.78, 5) is 28.1. The molecule has 1 atom stereocenters. The molecule has 2 amide bonds. The number of rotatable bonds is 2. The molecule has 1 aromatic rings. The van der Waals surface area contributed by atoms with Crippen molar-refractivity contribution in [2.24, 2.45) is 0 Å². The summed E-state index contributed by atoms with van der Waals surface area (Å²) >= 11 is 2.21. The van der Waals surface area contributed by atoms with Crippen molar-refractivity contribution in [3.05, 3.63) is 27.8 Å². The number of anilines is 1. The van der Waals surface area contributed by atoms with Crippen molar-refractivity contribution in [2.45, 2.75) is 25.3 Å². The molecule has 19 heavy (non-hydrogen) atoms. The van der Waals surface area contributed by atoms with E-state index in [1.807, 2.05) is 24.3 Å². The standard InChI is InChI=1S/C14H15IN2O2/c15-10-3-5-11(6-4-10)17-13(18)9-12(14(17)19)16-7-1-2-8-16/h3-6,12H,1-2,7-9H2/t12-/m1/s1. The molecule has 2 fully saturated rings. The first-order valence-corrected chi connectivity index (χ1v) is 7.61. The van der Waals surface area contributed by atoms with Gasteiger partial charge in [0, 0.05) is 3.57 Å². The van der Waals surface area contributed by atoms with Gasteiger partial charge in [-0.15, -0.1) is 0 Å². The van der Waals surface area contributed by atoms with Crippen LogP contribution in [0.4, 0.5) is 5.69 Å². The normalized spacial score (nSPS) is 24.5. The highest BCUT2D eigenvalue weighted by molar-refractivity contribution is 14.1. The fraction of sp³-hybridized carbons (Fsp3) is 0.429. The van der Waals surface area contributed by atoms with Crippen molar-refractivity contribution in [1.29, 1.82) is 0 Å². The van der Waals surface area contributed by atoms with Crippen LogP contribution >= 0.6 is 22.6 Å². The first kappa shape index (κ1) is 13.1. The number of likely N-dealkylation sites (tertiary alicyclic amines) is 1. The predicted molar refractivity (Wildman–Crippen MR) is 80.9 cm³/mol. The molecule has 100 valence electrons. The molecule has 0 N–H and O–H groups in total. The average Bonchev–Trinajstić information content (AvgIpc) is 3.00. The first-order valence-electron chi connectivity index (χ1n) is 6.53. The van der Waals surface area contributed by atoms with Gasteiger partial charge >= 0.3 is 0 Å². The number of carbonyl (C=O) groups excluding carboxylic acids is 2. The fourth-order valence-electron chi connectivity index (χ4n) is 2.82. The minimum absolute atomic E-state index is 0.0619. The summed E-state index contributed by atoms with van der Waals surface area (Å²) < 4.78 is 1.09. The molecule has 4 nitrogen and oxygen atoms in total. The fourth-order valence-corrected chi connectivity index (χ4v) is 3.18. The molecule has 2 saturated heterocycles. The van der Waals surface area contributed by atoms with Crippen LogP contribution in [-0.2, 0) is 9.59 Å². The Morgan fingerprint density at radius 1 is 1.05 bits per heavy atom.